The predicted octanol–water partition coefficient (Wildman–Crippen LogP) is 0.0749. The molecule has 0 bridgehead atoms. The number of benzene rings is 1. The Morgan fingerprint density at radius 1 is 1.17 bits per heavy atom. The van der Waals surface area contributed by atoms with Gasteiger partial charge in [0, 0.05) is 13.0 Å². The second-order valence-electron chi connectivity index (χ2n) is 5.10. The standard InChI is InChI=1S/C15H15N5O4/c1-2-24-13(21)9-20-17-12(16-18-20)7-8-19-14(22)10-5-3-4-6-11(10)15(19)23/h3-6H,2,7-9H2,1H3. The van der Waals surface area contributed by atoms with E-state index in [1.807, 2.05) is 0 Å². The molecule has 0 fully saturated rings. The highest BCUT2D eigenvalue weighted by Gasteiger charge is 2.34. The number of rotatable bonds is 6. The number of aromatic nitrogens is 4. The van der Waals surface area contributed by atoms with Crippen LogP contribution >= 0.6 is 0 Å². The average Bonchev–Trinajstić information content (AvgIpc) is 3.10. The van der Waals surface area contributed by atoms with E-state index >= 15 is 0 Å². The van der Waals surface area contributed by atoms with Gasteiger partial charge in [-0.3, -0.25) is 14.5 Å². The van der Waals surface area contributed by atoms with Gasteiger partial charge in [-0.25, -0.2) is 4.79 Å². The zero-order valence-electron chi connectivity index (χ0n) is 13.0. The van der Waals surface area contributed by atoms with E-state index in [2.05, 4.69) is 15.4 Å². The van der Waals surface area contributed by atoms with Crippen molar-refractivity contribution < 1.29 is 19.1 Å². The van der Waals surface area contributed by atoms with Gasteiger partial charge < -0.3 is 4.74 Å². The summed E-state index contributed by atoms with van der Waals surface area (Å²) in [7, 11) is 0. The van der Waals surface area contributed by atoms with Gasteiger partial charge in [-0.2, -0.15) is 4.80 Å². The molecule has 9 heteroatoms. The van der Waals surface area contributed by atoms with Crippen molar-refractivity contribution in [3.8, 4) is 0 Å². The molecule has 24 heavy (non-hydrogen) atoms. The SMILES string of the molecule is CCOC(=O)Cn1nnc(CCN2C(=O)c3ccccc3C2=O)n1. The van der Waals surface area contributed by atoms with Crippen molar-refractivity contribution in [1.29, 1.82) is 0 Å². The van der Waals surface area contributed by atoms with Crippen LogP contribution in [0.5, 0.6) is 0 Å². The Balaban J connectivity index is 1.61. The summed E-state index contributed by atoms with van der Waals surface area (Å²) >= 11 is 0. The Bertz CT molecular complexity index is 766. The molecule has 1 aromatic carbocycles. The van der Waals surface area contributed by atoms with Crippen molar-refractivity contribution in [2.75, 3.05) is 13.2 Å². The molecule has 0 radical (unpaired) electrons. The molecule has 2 heterocycles. The third-order valence-electron chi connectivity index (χ3n) is 3.51. The van der Waals surface area contributed by atoms with Crippen molar-refractivity contribution in [3.63, 3.8) is 0 Å². The Morgan fingerprint density at radius 2 is 1.83 bits per heavy atom. The molecule has 0 aliphatic carbocycles. The molecule has 1 aromatic heterocycles. The molecule has 2 aromatic rings. The molecule has 9 nitrogen and oxygen atoms in total. The van der Waals surface area contributed by atoms with Crippen LogP contribution in [0.3, 0.4) is 0 Å². The zero-order chi connectivity index (χ0) is 17.1. The van der Waals surface area contributed by atoms with Crippen molar-refractivity contribution >= 4 is 17.8 Å². The summed E-state index contributed by atoms with van der Waals surface area (Å²) < 4.78 is 4.80. The van der Waals surface area contributed by atoms with Gasteiger partial charge >= 0.3 is 5.97 Å². The number of nitrogens with zero attached hydrogens (tertiary/aromatic N) is 5. The molecule has 0 N–H and O–H groups in total. The first-order valence-electron chi connectivity index (χ1n) is 7.47. The maximum Gasteiger partial charge on any atom is 0.329 e. The van der Waals surface area contributed by atoms with Gasteiger partial charge in [-0.1, -0.05) is 12.1 Å². The number of amides is 2. The lowest BCUT2D eigenvalue weighted by Crippen LogP contribution is -2.32. The van der Waals surface area contributed by atoms with Crippen LogP contribution in [0.1, 0.15) is 33.5 Å². The van der Waals surface area contributed by atoms with Crippen molar-refractivity contribution in [3.05, 3.63) is 41.2 Å². The normalized spacial score (nSPS) is 13.3. The summed E-state index contributed by atoms with van der Waals surface area (Å²) in [5.41, 5.74) is 0.808. The van der Waals surface area contributed by atoms with Crippen LogP contribution < -0.4 is 0 Å². The fraction of sp³-hybridized carbons (Fsp3) is 0.333. The molecule has 1 aliphatic heterocycles. The highest BCUT2D eigenvalue weighted by atomic mass is 16.5. The molecule has 0 unspecified atom stereocenters. The summed E-state index contributed by atoms with van der Waals surface area (Å²) in [6.45, 7) is 2.01. The van der Waals surface area contributed by atoms with E-state index in [1.165, 1.54) is 0 Å². The first-order chi connectivity index (χ1) is 11.6. The number of fused-ring (bicyclic) bond motifs is 1. The summed E-state index contributed by atoms with van der Waals surface area (Å²) in [5, 5.41) is 11.6. The monoisotopic (exact) mass is 329 g/mol. The highest BCUT2D eigenvalue weighted by molar-refractivity contribution is 6.21. The molecule has 0 saturated carbocycles. The predicted molar refractivity (Wildman–Crippen MR) is 80.0 cm³/mol. The maximum absolute atomic E-state index is 12.2. The van der Waals surface area contributed by atoms with Gasteiger partial charge in [0.25, 0.3) is 11.8 Å². The van der Waals surface area contributed by atoms with E-state index in [9.17, 15) is 14.4 Å². The third kappa shape index (κ3) is 3.00. The number of hydrogen-bond donors (Lipinski definition) is 0. The van der Waals surface area contributed by atoms with Crippen molar-refractivity contribution in [1.82, 2.24) is 25.1 Å². The van der Waals surface area contributed by atoms with Crippen molar-refractivity contribution in [2.24, 2.45) is 0 Å². The lowest BCUT2D eigenvalue weighted by molar-refractivity contribution is -0.144. The molecule has 0 spiro atoms. The highest BCUT2D eigenvalue weighted by Crippen LogP contribution is 2.22. The minimum Gasteiger partial charge on any atom is -0.465 e. The summed E-state index contributed by atoms with van der Waals surface area (Å²) in [6.07, 6.45) is 0.258. The number of esters is 1. The molecule has 124 valence electrons. The van der Waals surface area contributed by atoms with Crippen molar-refractivity contribution in [2.45, 2.75) is 19.9 Å². The summed E-state index contributed by atoms with van der Waals surface area (Å²) in [5.74, 6) is -0.762. The molecule has 2 amide bonds. The summed E-state index contributed by atoms with van der Waals surface area (Å²) in [4.78, 5) is 38.1. The smallest absolute Gasteiger partial charge is 0.329 e. The Hall–Kier alpha value is -3.10. The van der Waals surface area contributed by atoms with Gasteiger partial charge in [-0.15, -0.1) is 10.2 Å². The van der Waals surface area contributed by atoms with E-state index in [0.29, 0.717) is 17.0 Å². The second kappa shape index (κ2) is 6.57. The van der Waals surface area contributed by atoms with E-state index in [4.69, 9.17) is 4.74 Å². The Kier molecular flexibility index (Phi) is 4.32. The molecule has 3 rings (SSSR count). The Morgan fingerprint density at radius 3 is 2.46 bits per heavy atom. The third-order valence-corrected chi connectivity index (χ3v) is 3.51. The van der Waals surface area contributed by atoms with E-state index in [1.54, 1.807) is 31.2 Å². The van der Waals surface area contributed by atoms with Crippen LogP contribution in [0.25, 0.3) is 0 Å². The van der Waals surface area contributed by atoms with E-state index in [-0.39, 0.29) is 37.9 Å². The Labute approximate surface area is 137 Å². The number of carbonyl (C=O) groups is 3. The number of tetrazole rings is 1. The van der Waals surface area contributed by atoms with E-state index < -0.39 is 5.97 Å². The number of ether oxygens (including phenoxy) is 1. The molecule has 0 atom stereocenters. The van der Waals surface area contributed by atoms with Gasteiger partial charge in [0.1, 0.15) is 0 Å². The quantitative estimate of drug-likeness (QED) is 0.545. The second-order valence-corrected chi connectivity index (χ2v) is 5.10. The fourth-order valence-corrected chi connectivity index (χ4v) is 2.42. The van der Waals surface area contributed by atoms with Gasteiger partial charge in [0.05, 0.1) is 17.7 Å². The molecule has 0 saturated heterocycles. The number of imide groups is 1. The largest absolute Gasteiger partial charge is 0.465 e. The summed E-state index contributed by atoms with van der Waals surface area (Å²) in [6, 6.07) is 6.69. The van der Waals surface area contributed by atoms with Gasteiger partial charge in [0.2, 0.25) is 0 Å². The lowest BCUT2D eigenvalue weighted by atomic mass is 10.1. The molecular formula is C15H15N5O4. The maximum atomic E-state index is 12.2. The minimum atomic E-state index is -0.457. The van der Waals surface area contributed by atoms with Gasteiger partial charge in [0.15, 0.2) is 12.4 Å². The number of carbonyl (C=O) groups excluding carboxylic acids is 3. The first kappa shape index (κ1) is 15.8. The topological polar surface area (TPSA) is 107 Å². The minimum absolute atomic E-state index is 0.131. The van der Waals surface area contributed by atoms with Crippen LogP contribution in [-0.4, -0.2) is 56.0 Å². The number of hydrogen-bond acceptors (Lipinski definition) is 7. The lowest BCUT2D eigenvalue weighted by Gasteiger charge is -2.11. The van der Waals surface area contributed by atoms with Crippen LogP contribution in [0.2, 0.25) is 0 Å². The molecule has 1 aliphatic rings. The van der Waals surface area contributed by atoms with Crippen LogP contribution in [0.15, 0.2) is 24.3 Å². The van der Waals surface area contributed by atoms with Crippen LogP contribution in [0.4, 0.5) is 0 Å². The van der Waals surface area contributed by atoms with Gasteiger partial charge in [-0.05, 0) is 24.3 Å². The first-order valence-corrected chi connectivity index (χ1v) is 7.47. The van der Waals surface area contributed by atoms with Crippen LogP contribution in [-0.2, 0) is 22.5 Å². The molecular weight excluding hydrogens is 314 g/mol. The zero-order valence-corrected chi connectivity index (χ0v) is 13.0. The van der Waals surface area contributed by atoms with E-state index in [0.717, 1.165) is 9.70 Å². The van der Waals surface area contributed by atoms with Crippen LogP contribution in [0, 0.1) is 0 Å². The fourth-order valence-electron chi connectivity index (χ4n) is 2.42. The average molecular weight is 329 g/mol.